The molecule has 2 aromatic rings. The van der Waals surface area contributed by atoms with Gasteiger partial charge in [0.05, 0.1) is 0 Å². The molecule has 4 nitrogen and oxygen atoms in total. The molecule has 0 fully saturated rings. The van der Waals surface area contributed by atoms with Gasteiger partial charge in [0.2, 0.25) is 9.90 Å². The van der Waals surface area contributed by atoms with E-state index in [1.807, 2.05) is 0 Å². The first kappa shape index (κ1) is 35.1. The molecular formula is C34H58Br2N4+2. The lowest BCUT2D eigenvalue weighted by Crippen LogP contribution is -2.35. The molecule has 6 heteroatoms. The molecule has 2 heterocycles. The number of rotatable bonds is 25. The molecule has 0 aliphatic heterocycles. The molecule has 0 aliphatic carbocycles. The molecule has 226 valence electrons. The molecule has 0 aliphatic rings. The molecule has 0 saturated heterocycles. The second kappa shape index (κ2) is 23.4. The number of hydrogen-bond acceptors (Lipinski definition) is 2. The van der Waals surface area contributed by atoms with Crippen molar-refractivity contribution in [1.29, 1.82) is 0 Å². The van der Waals surface area contributed by atoms with Crippen LogP contribution >= 0.6 is 31.9 Å². The van der Waals surface area contributed by atoms with Crippen molar-refractivity contribution >= 4 is 43.2 Å². The van der Waals surface area contributed by atoms with Gasteiger partial charge in [0.15, 0.2) is 24.8 Å². The van der Waals surface area contributed by atoms with E-state index in [4.69, 9.17) is 0 Å². The quantitative estimate of drug-likeness (QED) is 0.0621. The molecule has 0 amide bonds. The van der Waals surface area contributed by atoms with Gasteiger partial charge in [-0.1, -0.05) is 90.9 Å². The number of unbranched alkanes of at least 4 members (excludes halogenated alkanes) is 13. The largest absolute Gasteiger partial charge is 0.385 e. The van der Waals surface area contributed by atoms with Crippen LogP contribution in [0.1, 0.15) is 139 Å². The Balaban J connectivity index is 1.51. The minimum absolute atomic E-state index is 0.368. The highest BCUT2D eigenvalue weighted by atomic mass is 79.9. The fourth-order valence-corrected chi connectivity index (χ4v) is 6.23. The number of pyridine rings is 2. The van der Waals surface area contributed by atoms with Gasteiger partial charge in [0, 0.05) is 61.6 Å². The number of nitrogens with one attached hydrogen (secondary N) is 2. The van der Waals surface area contributed by atoms with Crippen molar-refractivity contribution in [2.45, 2.75) is 139 Å². The predicted octanol–water partition coefficient (Wildman–Crippen LogP) is 10.6. The minimum Gasteiger partial charge on any atom is -0.385 e. The van der Waals surface area contributed by atoms with Gasteiger partial charge in [-0.2, -0.15) is 9.13 Å². The summed E-state index contributed by atoms with van der Waals surface area (Å²) in [4.78, 5) is 0.737. The lowest BCUT2D eigenvalue weighted by atomic mass is 10.1. The molecule has 0 aromatic carbocycles. The minimum atomic E-state index is 0.368. The van der Waals surface area contributed by atoms with Gasteiger partial charge < -0.3 is 10.6 Å². The zero-order valence-electron chi connectivity index (χ0n) is 25.6. The molecule has 0 bridgehead atoms. The summed E-state index contributed by atoms with van der Waals surface area (Å²) in [6.07, 6.45) is 32.3. The van der Waals surface area contributed by atoms with Crippen molar-refractivity contribution < 1.29 is 9.13 Å². The van der Waals surface area contributed by atoms with Gasteiger partial charge in [-0.25, -0.2) is 0 Å². The van der Waals surface area contributed by atoms with Crippen LogP contribution in [0, 0.1) is 0 Å². The molecule has 2 N–H and O–H groups in total. The van der Waals surface area contributed by atoms with Gasteiger partial charge in [0.1, 0.15) is 0 Å². The first-order valence-electron chi connectivity index (χ1n) is 16.4. The molecular weight excluding hydrogens is 624 g/mol. The average Bonchev–Trinajstić information content (AvgIpc) is 2.98. The van der Waals surface area contributed by atoms with Gasteiger partial charge >= 0.3 is 0 Å². The van der Waals surface area contributed by atoms with E-state index in [1.165, 1.54) is 114 Å². The van der Waals surface area contributed by atoms with Crippen molar-refractivity contribution in [2.24, 2.45) is 0 Å². The van der Waals surface area contributed by atoms with E-state index in [-0.39, 0.29) is 0 Å². The van der Waals surface area contributed by atoms with E-state index in [0.29, 0.717) is 9.90 Å². The van der Waals surface area contributed by atoms with Crippen LogP contribution in [0.2, 0.25) is 0 Å². The van der Waals surface area contributed by atoms with Crippen LogP contribution in [-0.2, 0) is 0 Å². The van der Waals surface area contributed by atoms with Gasteiger partial charge in [-0.15, -0.1) is 0 Å². The van der Waals surface area contributed by atoms with Gasteiger partial charge in [-0.3, -0.25) is 0 Å². The summed E-state index contributed by atoms with van der Waals surface area (Å²) in [5.74, 6) is 0. The van der Waals surface area contributed by atoms with E-state index in [9.17, 15) is 0 Å². The van der Waals surface area contributed by atoms with Crippen molar-refractivity contribution in [3.05, 3.63) is 49.1 Å². The predicted molar refractivity (Wildman–Crippen MR) is 181 cm³/mol. The smallest absolute Gasteiger partial charge is 0.211 e. The Bertz CT molecular complexity index is 773. The number of nitrogens with zero attached hydrogens (tertiary/aromatic N) is 2. The highest BCUT2D eigenvalue weighted by Crippen LogP contribution is 2.21. The Morgan fingerprint density at radius 2 is 0.825 bits per heavy atom. The van der Waals surface area contributed by atoms with Gasteiger partial charge in [-0.05, 0) is 57.5 Å². The third-order valence-corrected chi connectivity index (χ3v) is 9.57. The summed E-state index contributed by atoms with van der Waals surface area (Å²) in [7, 11) is 0. The van der Waals surface area contributed by atoms with Crippen LogP contribution in [0.15, 0.2) is 49.1 Å². The average molecular weight is 683 g/mol. The van der Waals surface area contributed by atoms with Crippen molar-refractivity contribution in [3.8, 4) is 0 Å². The van der Waals surface area contributed by atoms with Crippen LogP contribution in [0.3, 0.4) is 0 Å². The number of alkyl halides is 2. The first-order chi connectivity index (χ1) is 19.6. The Labute approximate surface area is 263 Å². The zero-order chi connectivity index (χ0) is 28.7. The van der Waals surface area contributed by atoms with Crippen LogP contribution < -0.4 is 19.8 Å². The van der Waals surface area contributed by atoms with E-state index < -0.39 is 0 Å². The molecule has 0 spiro atoms. The van der Waals surface area contributed by atoms with Crippen LogP contribution in [0.5, 0.6) is 0 Å². The number of hydrogen-bond donors (Lipinski definition) is 2. The summed E-state index contributed by atoms with van der Waals surface area (Å²) in [6, 6.07) is 8.82. The fraction of sp³-hybridized carbons (Fsp3) is 0.706. The van der Waals surface area contributed by atoms with Crippen molar-refractivity contribution in [3.63, 3.8) is 0 Å². The second-order valence-electron chi connectivity index (χ2n) is 11.3. The maximum absolute atomic E-state index is 3.89. The Morgan fingerprint density at radius 1 is 0.500 bits per heavy atom. The summed E-state index contributed by atoms with van der Waals surface area (Å²) < 4.78 is 4.57. The van der Waals surface area contributed by atoms with Crippen molar-refractivity contribution in [1.82, 2.24) is 0 Å². The van der Waals surface area contributed by atoms with Crippen molar-refractivity contribution in [2.75, 3.05) is 23.7 Å². The van der Waals surface area contributed by atoms with Crippen LogP contribution in [0.25, 0.3) is 0 Å². The molecule has 2 aromatic heterocycles. The maximum atomic E-state index is 3.89. The summed E-state index contributed by atoms with van der Waals surface area (Å²) in [5, 5.41) is 7.14. The fourth-order valence-electron chi connectivity index (χ4n) is 5.04. The Kier molecular flexibility index (Phi) is 20.5. The topological polar surface area (TPSA) is 31.8 Å². The number of halogens is 2. The first-order valence-corrected chi connectivity index (χ1v) is 18.2. The van der Waals surface area contributed by atoms with E-state index in [0.717, 1.165) is 25.9 Å². The van der Waals surface area contributed by atoms with E-state index >= 15 is 0 Å². The highest BCUT2D eigenvalue weighted by Gasteiger charge is 2.15. The molecule has 0 saturated carbocycles. The zero-order valence-corrected chi connectivity index (χ0v) is 28.7. The van der Waals surface area contributed by atoms with E-state index in [2.05, 4.69) is 115 Å². The van der Waals surface area contributed by atoms with Crippen LogP contribution in [-0.4, -0.2) is 13.1 Å². The Morgan fingerprint density at radius 3 is 1.20 bits per heavy atom. The van der Waals surface area contributed by atoms with E-state index in [1.54, 1.807) is 0 Å². The molecule has 2 atom stereocenters. The molecule has 40 heavy (non-hydrogen) atoms. The normalized spacial score (nSPS) is 12.8. The highest BCUT2D eigenvalue weighted by molar-refractivity contribution is 9.09. The van der Waals surface area contributed by atoms with Gasteiger partial charge in [0.25, 0.3) is 0 Å². The monoisotopic (exact) mass is 680 g/mol. The number of anilines is 2. The third-order valence-electron chi connectivity index (χ3n) is 7.71. The van der Waals surface area contributed by atoms with Crippen LogP contribution in [0.4, 0.5) is 11.4 Å². The molecule has 2 unspecified atom stereocenters. The summed E-state index contributed by atoms with van der Waals surface area (Å²) in [5.41, 5.74) is 2.46. The lowest BCUT2D eigenvalue weighted by molar-refractivity contribution is -0.698. The maximum Gasteiger partial charge on any atom is 0.211 e. The SMILES string of the molecule is CCCCCCCCNc1cc[n+](C(Br)CCCCCCC(Br)[n+]2ccc(NCCCCCCCC)cc2)cc1. The summed E-state index contributed by atoms with van der Waals surface area (Å²) in [6.45, 7) is 6.70. The molecule has 0 radical (unpaired) electrons. The number of aromatic nitrogens is 2. The molecule has 2 rings (SSSR count). The Hall–Kier alpha value is -1.14. The third kappa shape index (κ3) is 16.3. The second-order valence-corrected chi connectivity index (χ2v) is 13.4. The standard InChI is InChI=1S/C34H56Br2N4/c1-3-5-7-9-13-17-25-37-31-21-27-39(28-22-31)33(35)19-15-11-12-16-20-34(36)40-29-23-32(24-30-40)38-26-18-14-10-8-6-4-2/h21-24,27-30,33-34H,3-20,25-26H2,1-2H3/p+2. The summed E-state index contributed by atoms with van der Waals surface area (Å²) >= 11 is 7.78. The lowest BCUT2D eigenvalue weighted by Gasteiger charge is -2.09.